The number of hydrogen-bond donors (Lipinski definition) is 1. The number of phenolic OH excluding ortho intramolecular Hbond substituents is 1. The minimum Gasteiger partial charge on any atom is -0.502 e. The van der Waals surface area contributed by atoms with Gasteiger partial charge in [-0.3, -0.25) is 10.1 Å². The number of nitrogens with zero attached hydrogens (tertiary/aromatic N) is 1. The zero-order valence-electron chi connectivity index (χ0n) is 5.62. The van der Waals surface area contributed by atoms with E-state index >= 15 is 0 Å². The molecular formula is C6H3ClFNO3. The largest absolute Gasteiger partial charge is 0.502 e. The number of nitro benzene ring substituents is 1. The Kier molecular flexibility index (Phi) is 2.14. The molecule has 4 nitrogen and oxygen atoms in total. The molecule has 0 unspecified atom stereocenters. The van der Waals surface area contributed by atoms with E-state index in [2.05, 4.69) is 0 Å². The Bertz CT molecular complexity index is 342. The first-order chi connectivity index (χ1) is 5.54. The van der Waals surface area contributed by atoms with Crippen molar-refractivity contribution in [3.05, 3.63) is 33.1 Å². The monoisotopic (exact) mass is 191 g/mol. The number of halogens is 2. The lowest BCUT2D eigenvalue weighted by Crippen LogP contribution is -1.93. The summed E-state index contributed by atoms with van der Waals surface area (Å²) in [4.78, 5) is 9.11. The highest BCUT2D eigenvalue weighted by Gasteiger charge is 2.22. The average molecular weight is 192 g/mol. The summed E-state index contributed by atoms with van der Waals surface area (Å²) < 4.78 is 12.8. The summed E-state index contributed by atoms with van der Waals surface area (Å²) in [6.45, 7) is 0. The second-order valence-corrected chi connectivity index (χ2v) is 2.39. The maximum absolute atomic E-state index is 12.8. The lowest BCUT2D eigenvalue weighted by Gasteiger charge is -1.97. The van der Waals surface area contributed by atoms with Gasteiger partial charge in [0.1, 0.15) is 0 Å². The van der Waals surface area contributed by atoms with Crippen LogP contribution in [-0.4, -0.2) is 10.0 Å². The van der Waals surface area contributed by atoms with Crippen LogP contribution in [0.25, 0.3) is 0 Å². The average Bonchev–Trinajstić information content (AvgIpc) is 1.97. The van der Waals surface area contributed by atoms with Gasteiger partial charge in [-0.25, -0.2) is 0 Å². The van der Waals surface area contributed by atoms with Gasteiger partial charge in [-0.2, -0.15) is 4.39 Å². The van der Waals surface area contributed by atoms with E-state index in [4.69, 9.17) is 16.7 Å². The van der Waals surface area contributed by atoms with Gasteiger partial charge < -0.3 is 5.11 Å². The SMILES string of the molecule is O=[N+]([O-])c1c(O)ccc(Cl)c1F. The number of rotatable bonds is 1. The number of aromatic hydroxyl groups is 1. The van der Waals surface area contributed by atoms with Gasteiger partial charge in [0, 0.05) is 0 Å². The molecule has 0 aliphatic heterocycles. The van der Waals surface area contributed by atoms with Crippen LogP contribution in [0.15, 0.2) is 12.1 Å². The lowest BCUT2D eigenvalue weighted by atomic mass is 10.3. The van der Waals surface area contributed by atoms with E-state index in [0.717, 1.165) is 12.1 Å². The predicted molar refractivity (Wildman–Crippen MR) is 39.7 cm³/mol. The third kappa shape index (κ3) is 1.31. The third-order valence-electron chi connectivity index (χ3n) is 1.23. The Labute approximate surface area is 71.3 Å². The van der Waals surface area contributed by atoms with Crippen LogP contribution in [0.2, 0.25) is 5.02 Å². The smallest absolute Gasteiger partial charge is 0.347 e. The van der Waals surface area contributed by atoms with E-state index in [1.165, 1.54) is 0 Å². The van der Waals surface area contributed by atoms with Crippen molar-refractivity contribution >= 4 is 17.3 Å². The molecule has 0 heterocycles. The molecule has 6 heteroatoms. The number of phenols is 1. The second-order valence-electron chi connectivity index (χ2n) is 1.99. The van der Waals surface area contributed by atoms with Crippen molar-refractivity contribution in [3.63, 3.8) is 0 Å². The van der Waals surface area contributed by atoms with Crippen molar-refractivity contribution in [3.8, 4) is 5.75 Å². The molecule has 1 aromatic carbocycles. The highest BCUT2D eigenvalue weighted by molar-refractivity contribution is 6.31. The fourth-order valence-corrected chi connectivity index (χ4v) is 0.856. The lowest BCUT2D eigenvalue weighted by molar-refractivity contribution is -0.388. The first kappa shape index (κ1) is 8.73. The van der Waals surface area contributed by atoms with E-state index < -0.39 is 22.2 Å². The first-order valence-electron chi connectivity index (χ1n) is 2.85. The molecule has 1 N–H and O–H groups in total. The van der Waals surface area contributed by atoms with Crippen molar-refractivity contribution in [2.24, 2.45) is 0 Å². The Hall–Kier alpha value is -1.36. The molecule has 1 rings (SSSR count). The number of nitro groups is 1. The maximum Gasteiger partial charge on any atom is 0.347 e. The van der Waals surface area contributed by atoms with E-state index in [1.807, 2.05) is 0 Å². The van der Waals surface area contributed by atoms with Crippen LogP contribution < -0.4 is 0 Å². The van der Waals surface area contributed by atoms with Gasteiger partial charge in [0.05, 0.1) is 9.95 Å². The maximum atomic E-state index is 12.8. The molecule has 0 aliphatic rings. The molecule has 0 amide bonds. The third-order valence-corrected chi connectivity index (χ3v) is 1.52. The van der Waals surface area contributed by atoms with Crippen molar-refractivity contribution in [2.45, 2.75) is 0 Å². The van der Waals surface area contributed by atoms with Crippen LogP contribution in [0, 0.1) is 15.9 Å². The highest BCUT2D eigenvalue weighted by Crippen LogP contribution is 2.32. The Morgan fingerprint density at radius 2 is 2.17 bits per heavy atom. The zero-order valence-corrected chi connectivity index (χ0v) is 6.38. The van der Waals surface area contributed by atoms with Crippen LogP contribution in [0.4, 0.5) is 10.1 Å². The highest BCUT2D eigenvalue weighted by atomic mass is 35.5. The summed E-state index contributed by atoms with van der Waals surface area (Å²) in [6.07, 6.45) is 0. The van der Waals surface area contributed by atoms with Gasteiger partial charge in [-0.15, -0.1) is 0 Å². The zero-order chi connectivity index (χ0) is 9.30. The van der Waals surface area contributed by atoms with Crippen molar-refractivity contribution in [2.75, 3.05) is 0 Å². The van der Waals surface area contributed by atoms with Crippen LogP contribution in [-0.2, 0) is 0 Å². The van der Waals surface area contributed by atoms with Gasteiger partial charge in [0.15, 0.2) is 5.75 Å². The summed E-state index contributed by atoms with van der Waals surface area (Å²) in [7, 11) is 0. The summed E-state index contributed by atoms with van der Waals surface area (Å²) in [5, 5.41) is 18.6. The van der Waals surface area contributed by atoms with E-state index in [9.17, 15) is 14.5 Å². The van der Waals surface area contributed by atoms with Gasteiger partial charge >= 0.3 is 5.69 Å². The molecule has 0 bridgehead atoms. The van der Waals surface area contributed by atoms with Crippen molar-refractivity contribution < 1.29 is 14.4 Å². The molecule has 1 aromatic rings. The molecule has 0 spiro atoms. The van der Waals surface area contributed by atoms with Crippen LogP contribution in [0.5, 0.6) is 5.75 Å². The fraction of sp³-hybridized carbons (Fsp3) is 0. The quantitative estimate of drug-likeness (QED) is 0.546. The summed E-state index contributed by atoms with van der Waals surface area (Å²) in [5.74, 6) is -1.96. The Morgan fingerprint density at radius 3 is 2.58 bits per heavy atom. The standard InChI is InChI=1S/C6H3ClFNO3/c7-3-1-2-4(10)6(5(3)8)9(11)12/h1-2,10H. The van der Waals surface area contributed by atoms with Crippen LogP contribution in [0.3, 0.4) is 0 Å². The van der Waals surface area contributed by atoms with Crippen molar-refractivity contribution in [1.82, 2.24) is 0 Å². The van der Waals surface area contributed by atoms with E-state index in [1.54, 1.807) is 0 Å². The Balaban J connectivity index is 3.43. The van der Waals surface area contributed by atoms with E-state index in [0.29, 0.717) is 0 Å². The van der Waals surface area contributed by atoms with Gasteiger partial charge in [0.2, 0.25) is 5.82 Å². The summed E-state index contributed by atoms with van der Waals surface area (Å²) in [6, 6.07) is 2.00. The molecule has 0 aromatic heterocycles. The molecule has 0 fully saturated rings. The molecule has 0 saturated heterocycles. The number of hydrogen-bond acceptors (Lipinski definition) is 3. The minimum atomic E-state index is -1.22. The van der Waals surface area contributed by atoms with Gasteiger partial charge in [0.25, 0.3) is 0 Å². The van der Waals surface area contributed by atoms with Crippen LogP contribution in [0.1, 0.15) is 0 Å². The topological polar surface area (TPSA) is 63.4 Å². The Morgan fingerprint density at radius 1 is 1.58 bits per heavy atom. The molecule has 0 aliphatic carbocycles. The van der Waals surface area contributed by atoms with Gasteiger partial charge in [-0.05, 0) is 12.1 Å². The minimum absolute atomic E-state index is 0.389. The van der Waals surface area contributed by atoms with E-state index in [-0.39, 0.29) is 5.02 Å². The normalized spacial score (nSPS) is 9.83. The summed E-state index contributed by atoms with van der Waals surface area (Å²) in [5.41, 5.74) is -0.998. The molecule has 0 atom stereocenters. The molecule has 64 valence electrons. The first-order valence-corrected chi connectivity index (χ1v) is 3.23. The molecular weight excluding hydrogens is 189 g/mol. The fourth-order valence-electron chi connectivity index (χ4n) is 0.703. The predicted octanol–water partition coefficient (Wildman–Crippen LogP) is 2.09. The number of benzene rings is 1. The van der Waals surface area contributed by atoms with Crippen LogP contribution >= 0.6 is 11.6 Å². The van der Waals surface area contributed by atoms with Crippen molar-refractivity contribution in [1.29, 1.82) is 0 Å². The van der Waals surface area contributed by atoms with Gasteiger partial charge in [-0.1, -0.05) is 11.6 Å². The summed E-state index contributed by atoms with van der Waals surface area (Å²) >= 11 is 5.24. The second kappa shape index (κ2) is 2.94. The molecule has 0 saturated carbocycles. The molecule has 0 radical (unpaired) electrons. The molecule has 12 heavy (non-hydrogen) atoms.